The number of aliphatic hydroxyl groups excluding tert-OH is 1. The third kappa shape index (κ3) is 9.36. The Hall–Kier alpha value is -3.35. The normalized spacial score (nSPS) is 13.8. The molecule has 0 aliphatic carbocycles. The maximum Gasteiger partial charge on any atom is 0.158 e. The average molecular weight is 487 g/mol. The zero-order valence-electron chi connectivity index (χ0n) is 20.7. The number of hydrogen-bond acceptors (Lipinski definition) is 5. The highest BCUT2D eigenvalue weighted by Crippen LogP contribution is 2.16. The smallest absolute Gasteiger partial charge is 0.158 e. The fourth-order valence-electron chi connectivity index (χ4n) is 3.48. The lowest BCUT2D eigenvalue weighted by molar-refractivity contribution is -0.114. The summed E-state index contributed by atoms with van der Waals surface area (Å²) in [5.41, 5.74) is 3.22. The van der Waals surface area contributed by atoms with Gasteiger partial charge in [0.2, 0.25) is 0 Å². The van der Waals surface area contributed by atoms with Gasteiger partial charge >= 0.3 is 0 Å². The van der Waals surface area contributed by atoms with Gasteiger partial charge in [0.25, 0.3) is 0 Å². The van der Waals surface area contributed by atoms with Gasteiger partial charge in [-0.25, -0.2) is 0 Å². The Balaban J connectivity index is 1.77. The molecule has 0 radical (unpaired) electrons. The van der Waals surface area contributed by atoms with E-state index in [9.17, 15) is 9.90 Å². The SMILES string of the molecule is C=C(C(C)=O)C(O)/C=C/[C@@H](OCc1ccccc1)[C@H](COCc1ccccc1)OCc1ccccc1. The summed E-state index contributed by atoms with van der Waals surface area (Å²) in [6.45, 7) is 6.50. The minimum absolute atomic E-state index is 0.121. The standard InChI is InChI=1S/C31H34O5/c1-24(25(2)32)29(33)18-19-30(35-21-27-14-8-4-9-15-27)31(36-22-28-16-10-5-11-17-28)23-34-20-26-12-6-3-7-13-26/h3-19,29-31,33H,1,20-23H2,2H3/b19-18+/t29?,30-,31+/m1/s1. The van der Waals surface area contributed by atoms with E-state index in [1.807, 2.05) is 91.0 Å². The molecular weight excluding hydrogens is 452 g/mol. The van der Waals surface area contributed by atoms with E-state index in [4.69, 9.17) is 14.2 Å². The van der Waals surface area contributed by atoms with Crippen LogP contribution in [0.3, 0.4) is 0 Å². The van der Waals surface area contributed by atoms with Gasteiger partial charge in [0.15, 0.2) is 5.78 Å². The van der Waals surface area contributed by atoms with Crippen LogP contribution in [-0.4, -0.2) is 35.8 Å². The van der Waals surface area contributed by atoms with E-state index in [1.54, 1.807) is 6.08 Å². The molecule has 1 unspecified atom stereocenters. The molecule has 0 saturated heterocycles. The van der Waals surface area contributed by atoms with Crippen molar-refractivity contribution in [2.45, 2.75) is 45.1 Å². The Kier molecular flexibility index (Phi) is 11.3. The molecule has 5 nitrogen and oxygen atoms in total. The predicted octanol–water partition coefficient (Wildman–Crippen LogP) is 5.44. The molecule has 0 fully saturated rings. The molecule has 0 bridgehead atoms. The maximum absolute atomic E-state index is 11.6. The van der Waals surface area contributed by atoms with Gasteiger partial charge in [0, 0.05) is 5.57 Å². The molecule has 0 aliphatic heterocycles. The van der Waals surface area contributed by atoms with E-state index in [0.29, 0.717) is 19.8 Å². The molecule has 0 saturated carbocycles. The van der Waals surface area contributed by atoms with Gasteiger partial charge in [0.1, 0.15) is 18.3 Å². The summed E-state index contributed by atoms with van der Waals surface area (Å²) in [5, 5.41) is 10.4. The Bertz CT molecular complexity index is 1080. The average Bonchev–Trinajstić information content (AvgIpc) is 2.92. The van der Waals surface area contributed by atoms with Crippen molar-refractivity contribution in [2.75, 3.05) is 6.61 Å². The Morgan fingerprint density at radius 1 is 0.778 bits per heavy atom. The number of benzene rings is 3. The molecular formula is C31H34O5. The number of ketones is 1. The molecule has 5 heteroatoms. The number of ether oxygens (including phenoxy) is 3. The van der Waals surface area contributed by atoms with E-state index >= 15 is 0 Å². The fourth-order valence-corrected chi connectivity index (χ4v) is 3.48. The number of carbonyl (C=O) groups excluding carboxylic acids is 1. The highest BCUT2D eigenvalue weighted by atomic mass is 16.6. The second-order valence-corrected chi connectivity index (χ2v) is 8.51. The van der Waals surface area contributed by atoms with E-state index in [2.05, 4.69) is 6.58 Å². The quantitative estimate of drug-likeness (QED) is 0.229. The van der Waals surface area contributed by atoms with E-state index in [0.717, 1.165) is 16.7 Å². The minimum atomic E-state index is -1.11. The lowest BCUT2D eigenvalue weighted by atomic mass is 10.1. The molecule has 0 aromatic heterocycles. The second-order valence-electron chi connectivity index (χ2n) is 8.51. The predicted molar refractivity (Wildman–Crippen MR) is 141 cm³/mol. The van der Waals surface area contributed by atoms with Crippen LogP contribution in [0.2, 0.25) is 0 Å². The Labute approximate surface area is 213 Å². The summed E-state index contributed by atoms with van der Waals surface area (Å²) < 4.78 is 18.6. The third-order valence-electron chi connectivity index (χ3n) is 5.64. The molecule has 0 aliphatic rings. The van der Waals surface area contributed by atoms with Crippen LogP contribution in [-0.2, 0) is 38.8 Å². The molecule has 188 valence electrons. The number of aliphatic hydroxyl groups is 1. The van der Waals surface area contributed by atoms with Crippen LogP contribution < -0.4 is 0 Å². The molecule has 3 rings (SSSR count). The van der Waals surface area contributed by atoms with Crippen LogP contribution in [0.25, 0.3) is 0 Å². The summed E-state index contributed by atoms with van der Waals surface area (Å²) in [4.78, 5) is 11.6. The third-order valence-corrected chi connectivity index (χ3v) is 5.64. The molecule has 1 N–H and O–H groups in total. The topological polar surface area (TPSA) is 65.0 Å². The van der Waals surface area contributed by atoms with Gasteiger partial charge in [-0.05, 0) is 23.6 Å². The van der Waals surface area contributed by atoms with Gasteiger partial charge in [0.05, 0.1) is 26.4 Å². The summed E-state index contributed by atoms with van der Waals surface area (Å²) in [7, 11) is 0. The number of hydrogen-bond donors (Lipinski definition) is 1. The van der Waals surface area contributed by atoms with Crippen molar-refractivity contribution in [1.82, 2.24) is 0 Å². The van der Waals surface area contributed by atoms with Crippen molar-refractivity contribution in [3.8, 4) is 0 Å². The van der Waals surface area contributed by atoms with Crippen LogP contribution in [0.1, 0.15) is 23.6 Å². The minimum Gasteiger partial charge on any atom is -0.384 e. The van der Waals surface area contributed by atoms with E-state index in [1.165, 1.54) is 13.0 Å². The summed E-state index contributed by atoms with van der Waals surface area (Å²) in [6, 6.07) is 29.6. The maximum atomic E-state index is 11.6. The van der Waals surface area contributed by atoms with Crippen molar-refractivity contribution in [2.24, 2.45) is 0 Å². The molecule has 3 atom stereocenters. The van der Waals surface area contributed by atoms with Crippen molar-refractivity contribution in [1.29, 1.82) is 0 Å². The van der Waals surface area contributed by atoms with Crippen molar-refractivity contribution in [3.63, 3.8) is 0 Å². The molecule has 36 heavy (non-hydrogen) atoms. The second kappa shape index (κ2) is 14.9. The van der Waals surface area contributed by atoms with Crippen LogP contribution in [0, 0.1) is 0 Å². The first kappa shape index (κ1) is 27.2. The fraction of sp³-hybridized carbons (Fsp3) is 0.258. The van der Waals surface area contributed by atoms with Crippen molar-refractivity contribution in [3.05, 3.63) is 132 Å². The summed E-state index contributed by atoms with van der Waals surface area (Å²) in [6.07, 6.45) is 1.13. The highest BCUT2D eigenvalue weighted by Gasteiger charge is 2.23. The first-order valence-electron chi connectivity index (χ1n) is 12.0. The van der Waals surface area contributed by atoms with Gasteiger partial charge in [-0.3, -0.25) is 4.79 Å². The lowest BCUT2D eigenvalue weighted by Crippen LogP contribution is -2.34. The van der Waals surface area contributed by atoms with Crippen LogP contribution >= 0.6 is 0 Å². The zero-order chi connectivity index (χ0) is 25.6. The van der Waals surface area contributed by atoms with Gasteiger partial charge in [-0.15, -0.1) is 0 Å². The van der Waals surface area contributed by atoms with Gasteiger partial charge in [-0.2, -0.15) is 0 Å². The van der Waals surface area contributed by atoms with Crippen molar-refractivity contribution >= 4 is 5.78 Å². The molecule has 3 aromatic carbocycles. The van der Waals surface area contributed by atoms with Crippen LogP contribution in [0.15, 0.2) is 115 Å². The first-order chi connectivity index (χ1) is 17.5. The van der Waals surface area contributed by atoms with Gasteiger partial charge in [-0.1, -0.05) is 110 Å². The molecule has 0 heterocycles. The molecule has 3 aromatic rings. The Morgan fingerprint density at radius 2 is 1.25 bits per heavy atom. The summed E-state index contributed by atoms with van der Waals surface area (Å²) >= 11 is 0. The summed E-state index contributed by atoms with van der Waals surface area (Å²) in [5.74, 6) is -0.267. The zero-order valence-corrected chi connectivity index (χ0v) is 20.7. The highest BCUT2D eigenvalue weighted by molar-refractivity contribution is 5.93. The van der Waals surface area contributed by atoms with Gasteiger partial charge < -0.3 is 19.3 Å². The number of carbonyl (C=O) groups is 1. The Morgan fingerprint density at radius 3 is 1.75 bits per heavy atom. The van der Waals surface area contributed by atoms with Crippen molar-refractivity contribution < 1.29 is 24.1 Å². The number of rotatable bonds is 15. The van der Waals surface area contributed by atoms with E-state index in [-0.39, 0.29) is 18.0 Å². The van der Waals surface area contributed by atoms with Crippen LogP contribution in [0.4, 0.5) is 0 Å². The lowest BCUT2D eigenvalue weighted by Gasteiger charge is -2.26. The largest absolute Gasteiger partial charge is 0.384 e. The van der Waals surface area contributed by atoms with Crippen LogP contribution in [0.5, 0.6) is 0 Å². The monoisotopic (exact) mass is 486 g/mol. The first-order valence-corrected chi connectivity index (χ1v) is 12.0. The van der Waals surface area contributed by atoms with E-state index < -0.39 is 18.3 Å². The molecule has 0 amide bonds. The molecule has 0 spiro atoms. The number of Topliss-reactive ketones (excluding diaryl/α,β-unsaturated/α-hetero) is 1.